The largest absolute Gasteiger partial charge is 0.495 e. The molecule has 0 aliphatic carbocycles. The molecule has 5 nitrogen and oxygen atoms in total. The Hall–Kier alpha value is -3.38. The zero-order valence-electron chi connectivity index (χ0n) is 16.4. The van der Waals surface area contributed by atoms with E-state index in [0.717, 1.165) is 22.5 Å². The van der Waals surface area contributed by atoms with Crippen molar-refractivity contribution in [1.29, 1.82) is 0 Å². The van der Waals surface area contributed by atoms with E-state index in [9.17, 15) is 4.79 Å². The van der Waals surface area contributed by atoms with Crippen molar-refractivity contribution in [3.05, 3.63) is 89.5 Å². The molecule has 0 unspecified atom stereocenters. The summed E-state index contributed by atoms with van der Waals surface area (Å²) in [5, 5.41) is 9.59. The number of benzene rings is 3. The number of methoxy groups -OCH3 is 1. The van der Waals surface area contributed by atoms with E-state index < -0.39 is 0 Å². The molecule has 0 heterocycles. The van der Waals surface area contributed by atoms with Crippen LogP contribution in [0.15, 0.2) is 72.8 Å². The Morgan fingerprint density at radius 1 is 0.966 bits per heavy atom. The van der Waals surface area contributed by atoms with Gasteiger partial charge in [0.15, 0.2) is 5.11 Å². The highest BCUT2D eigenvalue weighted by atomic mass is 32.1. The van der Waals surface area contributed by atoms with Crippen LogP contribution in [0.25, 0.3) is 0 Å². The van der Waals surface area contributed by atoms with E-state index >= 15 is 0 Å². The van der Waals surface area contributed by atoms with Crippen molar-refractivity contribution in [2.75, 3.05) is 17.7 Å². The Morgan fingerprint density at radius 2 is 1.76 bits per heavy atom. The van der Waals surface area contributed by atoms with E-state index in [4.69, 9.17) is 17.0 Å². The van der Waals surface area contributed by atoms with Crippen molar-refractivity contribution in [2.45, 2.75) is 13.5 Å². The number of thiocarbonyl (C=S) groups is 1. The van der Waals surface area contributed by atoms with Gasteiger partial charge in [0.25, 0.3) is 5.91 Å². The van der Waals surface area contributed by atoms with Gasteiger partial charge in [-0.3, -0.25) is 4.79 Å². The van der Waals surface area contributed by atoms with Crippen molar-refractivity contribution in [2.24, 2.45) is 0 Å². The molecule has 3 aromatic carbocycles. The Balaban J connectivity index is 1.62. The van der Waals surface area contributed by atoms with Crippen LogP contribution in [-0.2, 0) is 6.54 Å². The van der Waals surface area contributed by atoms with Gasteiger partial charge in [0.1, 0.15) is 5.75 Å². The van der Waals surface area contributed by atoms with E-state index in [1.165, 1.54) is 0 Å². The molecule has 0 saturated heterocycles. The number of rotatable bonds is 6. The third-order valence-electron chi connectivity index (χ3n) is 4.28. The first kappa shape index (κ1) is 20.4. The topological polar surface area (TPSA) is 62.4 Å². The average molecular weight is 406 g/mol. The van der Waals surface area contributed by atoms with Gasteiger partial charge in [-0.15, -0.1) is 0 Å². The standard InChI is InChI=1S/C23H23N3O2S/c1-16-11-12-21(28-2)20(13-16)26-23(29)25-19-10-6-9-18(14-19)22(27)24-15-17-7-4-3-5-8-17/h3-14H,15H2,1-2H3,(H,24,27)(H2,25,26,29). The molecule has 0 aliphatic heterocycles. The molecule has 0 spiro atoms. The lowest BCUT2D eigenvalue weighted by molar-refractivity contribution is 0.0951. The number of hydrogen-bond acceptors (Lipinski definition) is 3. The van der Waals surface area contributed by atoms with Crippen LogP contribution >= 0.6 is 12.2 Å². The Labute approximate surface area is 176 Å². The predicted molar refractivity (Wildman–Crippen MR) is 122 cm³/mol. The second kappa shape index (κ2) is 9.71. The number of hydrogen-bond donors (Lipinski definition) is 3. The normalized spacial score (nSPS) is 10.1. The molecular formula is C23H23N3O2S. The molecule has 0 atom stereocenters. The monoisotopic (exact) mass is 405 g/mol. The highest BCUT2D eigenvalue weighted by Gasteiger charge is 2.09. The fourth-order valence-electron chi connectivity index (χ4n) is 2.82. The van der Waals surface area contributed by atoms with Gasteiger partial charge < -0.3 is 20.7 Å². The number of nitrogens with one attached hydrogen (secondary N) is 3. The van der Waals surface area contributed by atoms with Gasteiger partial charge in [-0.05, 0) is 60.6 Å². The zero-order chi connectivity index (χ0) is 20.6. The molecule has 3 rings (SSSR count). The summed E-state index contributed by atoms with van der Waals surface area (Å²) in [6.07, 6.45) is 0. The Kier molecular flexibility index (Phi) is 6.81. The van der Waals surface area contributed by atoms with Gasteiger partial charge >= 0.3 is 0 Å². The number of amides is 1. The quantitative estimate of drug-likeness (QED) is 0.517. The van der Waals surface area contributed by atoms with Gasteiger partial charge in [0.2, 0.25) is 0 Å². The lowest BCUT2D eigenvalue weighted by atomic mass is 10.1. The van der Waals surface area contributed by atoms with Crippen molar-refractivity contribution in [3.63, 3.8) is 0 Å². The second-order valence-corrected chi connectivity index (χ2v) is 6.94. The van der Waals surface area contributed by atoms with E-state index in [-0.39, 0.29) is 5.91 Å². The molecule has 0 aromatic heterocycles. The smallest absolute Gasteiger partial charge is 0.251 e. The van der Waals surface area contributed by atoms with E-state index in [1.54, 1.807) is 19.2 Å². The fourth-order valence-corrected chi connectivity index (χ4v) is 3.05. The van der Waals surface area contributed by atoms with Crippen molar-refractivity contribution in [1.82, 2.24) is 5.32 Å². The highest BCUT2D eigenvalue weighted by molar-refractivity contribution is 7.80. The van der Waals surface area contributed by atoms with E-state index in [1.807, 2.05) is 67.6 Å². The molecule has 0 radical (unpaired) electrons. The van der Waals surface area contributed by atoms with Crippen molar-refractivity contribution >= 4 is 34.6 Å². The minimum Gasteiger partial charge on any atom is -0.495 e. The molecule has 3 N–H and O–H groups in total. The summed E-state index contributed by atoms with van der Waals surface area (Å²) in [7, 11) is 1.61. The lowest BCUT2D eigenvalue weighted by Gasteiger charge is -2.14. The van der Waals surface area contributed by atoms with Gasteiger partial charge in [-0.2, -0.15) is 0 Å². The SMILES string of the molecule is COc1ccc(C)cc1NC(=S)Nc1cccc(C(=O)NCc2ccccc2)c1. The van der Waals surface area contributed by atoms with Crippen LogP contribution < -0.4 is 20.7 Å². The first-order valence-corrected chi connectivity index (χ1v) is 9.61. The van der Waals surface area contributed by atoms with E-state index in [2.05, 4.69) is 16.0 Å². The third-order valence-corrected chi connectivity index (χ3v) is 4.49. The summed E-state index contributed by atoms with van der Waals surface area (Å²) in [6, 6.07) is 22.8. The number of aryl methyl sites for hydroxylation is 1. The predicted octanol–water partition coefficient (Wildman–Crippen LogP) is 4.74. The number of carbonyl (C=O) groups excluding carboxylic acids is 1. The molecule has 0 fully saturated rings. The second-order valence-electron chi connectivity index (χ2n) is 6.53. The van der Waals surface area contributed by atoms with Gasteiger partial charge in [-0.25, -0.2) is 0 Å². The number of carbonyl (C=O) groups is 1. The van der Waals surface area contributed by atoms with Crippen LogP contribution in [0.1, 0.15) is 21.5 Å². The summed E-state index contributed by atoms with van der Waals surface area (Å²) < 4.78 is 5.36. The molecule has 0 saturated carbocycles. The minimum atomic E-state index is -0.142. The van der Waals surface area contributed by atoms with E-state index in [0.29, 0.717) is 23.0 Å². The average Bonchev–Trinajstić information content (AvgIpc) is 2.73. The third kappa shape index (κ3) is 5.80. The van der Waals surface area contributed by atoms with Gasteiger partial charge in [-0.1, -0.05) is 42.5 Å². The molecular weight excluding hydrogens is 382 g/mol. The van der Waals surface area contributed by atoms with Crippen molar-refractivity contribution < 1.29 is 9.53 Å². The summed E-state index contributed by atoms with van der Waals surface area (Å²) in [4.78, 5) is 12.5. The molecule has 0 aliphatic rings. The molecule has 3 aromatic rings. The fraction of sp³-hybridized carbons (Fsp3) is 0.130. The van der Waals surface area contributed by atoms with Crippen LogP contribution in [0.4, 0.5) is 11.4 Å². The number of ether oxygens (including phenoxy) is 1. The highest BCUT2D eigenvalue weighted by Crippen LogP contribution is 2.25. The van der Waals surface area contributed by atoms with Gasteiger partial charge in [0.05, 0.1) is 12.8 Å². The Bertz CT molecular complexity index is 1010. The lowest BCUT2D eigenvalue weighted by Crippen LogP contribution is -2.23. The summed E-state index contributed by atoms with van der Waals surface area (Å²) in [5.41, 5.74) is 4.20. The summed E-state index contributed by atoms with van der Waals surface area (Å²) in [5.74, 6) is 0.561. The maximum Gasteiger partial charge on any atom is 0.251 e. The van der Waals surface area contributed by atoms with Crippen molar-refractivity contribution in [3.8, 4) is 5.75 Å². The van der Waals surface area contributed by atoms with Crippen LogP contribution in [0.2, 0.25) is 0 Å². The number of anilines is 2. The zero-order valence-corrected chi connectivity index (χ0v) is 17.2. The minimum absolute atomic E-state index is 0.142. The molecule has 0 bridgehead atoms. The molecule has 29 heavy (non-hydrogen) atoms. The maximum atomic E-state index is 12.5. The maximum absolute atomic E-state index is 12.5. The summed E-state index contributed by atoms with van der Waals surface area (Å²) in [6.45, 7) is 2.48. The van der Waals surface area contributed by atoms with Crippen LogP contribution in [0, 0.1) is 6.92 Å². The molecule has 6 heteroatoms. The summed E-state index contributed by atoms with van der Waals surface area (Å²) >= 11 is 5.41. The molecule has 148 valence electrons. The van der Waals surface area contributed by atoms with Crippen LogP contribution in [0.5, 0.6) is 5.75 Å². The van der Waals surface area contributed by atoms with Crippen LogP contribution in [0.3, 0.4) is 0 Å². The van der Waals surface area contributed by atoms with Gasteiger partial charge in [0, 0.05) is 17.8 Å². The first-order chi connectivity index (χ1) is 14.0. The van der Waals surface area contributed by atoms with Crippen LogP contribution in [-0.4, -0.2) is 18.1 Å². The molecule has 1 amide bonds. The Morgan fingerprint density at radius 3 is 2.52 bits per heavy atom. The first-order valence-electron chi connectivity index (χ1n) is 9.20.